The Balaban J connectivity index is 1.83. The second-order valence-corrected chi connectivity index (χ2v) is 5.60. The Morgan fingerprint density at radius 1 is 1.19 bits per heavy atom. The number of primary amides is 1. The quantitative estimate of drug-likeness (QED) is 0.549. The van der Waals surface area contributed by atoms with Crippen LogP contribution in [0.3, 0.4) is 0 Å². The Morgan fingerprint density at radius 2 is 1.96 bits per heavy atom. The number of rotatable bonds is 7. The highest BCUT2D eigenvalue weighted by molar-refractivity contribution is 6.99. The summed E-state index contributed by atoms with van der Waals surface area (Å²) in [4.78, 5) is 43.9. The molecule has 0 bridgehead atoms. The molecule has 0 aromatic carbocycles. The fourth-order valence-corrected chi connectivity index (χ4v) is 2.68. The van der Waals surface area contributed by atoms with Crippen molar-refractivity contribution >= 4 is 29.3 Å². The monoisotopic (exact) mass is 372 g/mol. The van der Waals surface area contributed by atoms with Crippen LogP contribution in [0.4, 0.5) is 0 Å². The highest BCUT2D eigenvalue weighted by atomic mass is 32.1. The number of furan rings is 1. The third-order valence-corrected chi connectivity index (χ3v) is 3.86. The predicted octanol–water partition coefficient (Wildman–Crippen LogP) is -0.0164. The molecule has 2 amide bonds. The predicted molar refractivity (Wildman–Crippen MR) is 88.8 cm³/mol. The van der Waals surface area contributed by atoms with E-state index in [0.717, 1.165) is 11.7 Å². The largest absolute Gasteiger partial charge is 0.469 e. The number of nitrogens with one attached hydrogen (secondary N) is 1. The Labute approximate surface area is 150 Å². The number of hydrogen-bond acceptors (Lipinski definition) is 9. The van der Waals surface area contributed by atoms with Gasteiger partial charge in [-0.25, -0.2) is 9.97 Å². The summed E-state index contributed by atoms with van der Waals surface area (Å²) in [6.07, 6.45) is 4.38. The number of Topliss-reactive ketones (excluding diaryl/α,β-unsaturated/α-hetero) is 1. The molecule has 0 saturated carbocycles. The van der Waals surface area contributed by atoms with Gasteiger partial charge in [-0.3, -0.25) is 14.4 Å². The number of aromatic nitrogens is 4. The van der Waals surface area contributed by atoms with Crippen molar-refractivity contribution in [3.05, 3.63) is 48.3 Å². The zero-order valence-corrected chi connectivity index (χ0v) is 14.0. The molecular weight excluding hydrogens is 360 g/mol. The molecule has 1 atom stereocenters. The summed E-state index contributed by atoms with van der Waals surface area (Å²) in [6.45, 7) is 0. The summed E-state index contributed by atoms with van der Waals surface area (Å²) in [5, 5.41) is 2.45. The van der Waals surface area contributed by atoms with Gasteiger partial charge in [0, 0.05) is 18.8 Å². The number of carbonyl (C=O) groups is 3. The van der Waals surface area contributed by atoms with Crippen LogP contribution in [-0.2, 0) is 16.0 Å². The lowest BCUT2D eigenvalue weighted by Crippen LogP contribution is -2.47. The Kier molecular flexibility index (Phi) is 5.08. The van der Waals surface area contributed by atoms with Crippen LogP contribution < -0.4 is 11.1 Å². The van der Waals surface area contributed by atoms with Gasteiger partial charge in [-0.15, -0.1) is 0 Å². The summed E-state index contributed by atoms with van der Waals surface area (Å²) in [6, 6.07) is 3.66. The summed E-state index contributed by atoms with van der Waals surface area (Å²) >= 11 is 0.801. The molecule has 132 valence electrons. The van der Waals surface area contributed by atoms with Crippen LogP contribution >= 0.6 is 11.7 Å². The smallest absolute Gasteiger partial charge is 0.287 e. The van der Waals surface area contributed by atoms with Crippen LogP contribution in [0, 0.1) is 0 Å². The topological polar surface area (TPSA) is 154 Å². The third kappa shape index (κ3) is 3.78. The van der Waals surface area contributed by atoms with Gasteiger partial charge in [0.25, 0.3) is 11.8 Å². The van der Waals surface area contributed by atoms with E-state index in [9.17, 15) is 14.4 Å². The summed E-state index contributed by atoms with van der Waals surface area (Å²) < 4.78 is 13.1. The second-order valence-electron chi connectivity index (χ2n) is 5.07. The zero-order chi connectivity index (χ0) is 18.5. The standard InChI is InChI=1S/C15H12N6O4S/c16-13(23)12(22)9(7-8-3-1-6-25-8)19-15(24)11-10(20-26-21-11)14-17-4-2-5-18-14/h1-6,9H,7H2,(H2,16,23)(H,19,24). The maximum absolute atomic E-state index is 12.6. The molecule has 0 aliphatic carbocycles. The molecule has 0 radical (unpaired) electrons. The summed E-state index contributed by atoms with van der Waals surface area (Å²) in [5.41, 5.74) is 5.19. The first-order valence-electron chi connectivity index (χ1n) is 7.33. The molecule has 0 fully saturated rings. The number of nitrogens with two attached hydrogens (primary N) is 1. The Hall–Kier alpha value is -3.47. The van der Waals surface area contributed by atoms with Gasteiger partial charge in [-0.05, 0) is 18.2 Å². The first-order valence-corrected chi connectivity index (χ1v) is 8.06. The molecule has 11 heteroatoms. The number of ketones is 1. The molecule has 0 saturated heterocycles. The SMILES string of the molecule is NC(=O)C(=O)C(Cc1ccco1)NC(=O)c1nsnc1-c1ncccn1. The molecule has 0 spiro atoms. The van der Waals surface area contributed by atoms with Crippen LogP contribution in [0.25, 0.3) is 11.5 Å². The minimum Gasteiger partial charge on any atom is -0.469 e. The van der Waals surface area contributed by atoms with Crippen LogP contribution in [0.1, 0.15) is 16.2 Å². The molecule has 1 unspecified atom stereocenters. The van der Waals surface area contributed by atoms with Crippen molar-refractivity contribution in [1.82, 2.24) is 24.0 Å². The van der Waals surface area contributed by atoms with Crippen molar-refractivity contribution in [1.29, 1.82) is 0 Å². The fourth-order valence-electron chi connectivity index (χ4n) is 2.14. The molecule has 10 nitrogen and oxygen atoms in total. The van der Waals surface area contributed by atoms with Crippen molar-refractivity contribution in [3.8, 4) is 11.5 Å². The van der Waals surface area contributed by atoms with Gasteiger partial charge in [-0.1, -0.05) is 0 Å². The van der Waals surface area contributed by atoms with Gasteiger partial charge in [0.15, 0.2) is 17.2 Å². The van der Waals surface area contributed by atoms with Crippen LogP contribution in [0.5, 0.6) is 0 Å². The van der Waals surface area contributed by atoms with Gasteiger partial charge < -0.3 is 15.5 Å². The van der Waals surface area contributed by atoms with Gasteiger partial charge in [0.2, 0.25) is 5.78 Å². The lowest BCUT2D eigenvalue weighted by Gasteiger charge is -2.14. The minimum absolute atomic E-state index is 0.0325. The molecule has 3 aromatic heterocycles. The van der Waals surface area contributed by atoms with E-state index < -0.39 is 23.6 Å². The average molecular weight is 372 g/mol. The molecule has 26 heavy (non-hydrogen) atoms. The molecule has 3 N–H and O–H groups in total. The van der Waals surface area contributed by atoms with E-state index in [4.69, 9.17) is 10.2 Å². The fraction of sp³-hybridized carbons (Fsp3) is 0.133. The first-order chi connectivity index (χ1) is 12.6. The van der Waals surface area contributed by atoms with Crippen molar-refractivity contribution in [2.75, 3.05) is 0 Å². The van der Waals surface area contributed by atoms with Crippen molar-refractivity contribution < 1.29 is 18.8 Å². The minimum atomic E-state index is -1.20. The van der Waals surface area contributed by atoms with E-state index in [1.807, 2.05) is 0 Å². The molecular formula is C15H12N6O4S. The molecule has 0 aliphatic heterocycles. The van der Waals surface area contributed by atoms with Gasteiger partial charge in [0.1, 0.15) is 11.8 Å². The van der Waals surface area contributed by atoms with Crippen molar-refractivity contribution in [3.63, 3.8) is 0 Å². The summed E-state index contributed by atoms with van der Waals surface area (Å²) in [7, 11) is 0. The van der Waals surface area contributed by atoms with E-state index in [0.29, 0.717) is 5.76 Å². The van der Waals surface area contributed by atoms with Gasteiger partial charge in [-0.2, -0.15) is 8.75 Å². The van der Waals surface area contributed by atoms with E-state index >= 15 is 0 Å². The molecule has 3 heterocycles. The zero-order valence-electron chi connectivity index (χ0n) is 13.2. The number of hydrogen-bond donors (Lipinski definition) is 2. The maximum atomic E-state index is 12.6. The van der Waals surface area contributed by atoms with E-state index in [1.54, 1.807) is 18.2 Å². The highest BCUT2D eigenvalue weighted by Crippen LogP contribution is 2.17. The lowest BCUT2D eigenvalue weighted by atomic mass is 10.1. The second kappa shape index (κ2) is 7.61. The first kappa shape index (κ1) is 17.4. The number of carbonyl (C=O) groups excluding carboxylic acids is 3. The number of amides is 2. The molecule has 3 aromatic rings. The Bertz CT molecular complexity index is 925. The third-order valence-electron chi connectivity index (χ3n) is 3.33. The van der Waals surface area contributed by atoms with Gasteiger partial charge in [0.05, 0.1) is 18.0 Å². The maximum Gasteiger partial charge on any atom is 0.287 e. The molecule has 3 rings (SSSR count). The van der Waals surface area contributed by atoms with Crippen molar-refractivity contribution in [2.24, 2.45) is 5.73 Å². The summed E-state index contributed by atoms with van der Waals surface area (Å²) in [5.74, 6) is -2.18. The van der Waals surface area contributed by atoms with Crippen LogP contribution in [-0.4, -0.2) is 42.4 Å². The van der Waals surface area contributed by atoms with E-state index in [1.165, 1.54) is 18.7 Å². The normalized spacial score (nSPS) is 11.7. The van der Waals surface area contributed by atoms with E-state index in [-0.39, 0.29) is 23.6 Å². The van der Waals surface area contributed by atoms with E-state index in [2.05, 4.69) is 24.0 Å². The Morgan fingerprint density at radius 3 is 2.62 bits per heavy atom. The van der Waals surface area contributed by atoms with Gasteiger partial charge >= 0.3 is 0 Å². The van der Waals surface area contributed by atoms with Crippen molar-refractivity contribution in [2.45, 2.75) is 12.5 Å². The molecule has 0 aliphatic rings. The highest BCUT2D eigenvalue weighted by Gasteiger charge is 2.29. The van der Waals surface area contributed by atoms with Crippen LogP contribution in [0.2, 0.25) is 0 Å². The average Bonchev–Trinajstić information content (AvgIpc) is 3.32. The lowest BCUT2D eigenvalue weighted by molar-refractivity contribution is -0.137. The van der Waals surface area contributed by atoms with Crippen LogP contribution in [0.15, 0.2) is 41.3 Å². The number of nitrogens with zero attached hydrogens (tertiary/aromatic N) is 4.